The van der Waals surface area contributed by atoms with Crippen molar-refractivity contribution in [1.82, 2.24) is 39.9 Å². The van der Waals surface area contributed by atoms with E-state index in [2.05, 4.69) is 280 Å². The topological polar surface area (TPSA) is 108 Å². The molecular weight excluding hydrogens is 1370 g/mol. The summed E-state index contributed by atoms with van der Waals surface area (Å²) in [5, 5.41) is 0. The quantitative estimate of drug-likeness (QED) is 0.0475. The van der Waals surface area contributed by atoms with Crippen LogP contribution in [-0.2, 0) is 79.9 Å². The van der Waals surface area contributed by atoms with E-state index in [9.17, 15) is 0 Å². The largest absolute Gasteiger partial charge is 2.00 e. The summed E-state index contributed by atoms with van der Waals surface area (Å²) in [6, 6.07) is 42.2. The molecule has 10 heterocycles. The molecule has 4 aliphatic rings. The Bertz CT molecular complexity index is 5080. The predicted molar refractivity (Wildman–Crippen MR) is 434 cm³/mol. The molecule has 10 heteroatoms. The van der Waals surface area contributed by atoms with E-state index in [-0.39, 0.29) is 60.6 Å². The number of nitrogens with zero attached hydrogens (tertiary/aromatic N) is 8. The minimum Gasteiger partial charge on any atom is -0.657 e. The molecule has 3 aromatic carbocycles. The fraction of sp³-hybridized carbons (Fsp3) is 0.362. The number of hydrogen-bond acceptors (Lipinski definition) is 4. The number of rotatable bonds is 18. The van der Waals surface area contributed by atoms with Gasteiger partial charge in [0.15, 0.2) is 0 Å². The molecule has 0 fully saturated rings. The Morgan fingerprint density at radius 3 is 0.904 bits per heavy atom. The minimum absolute atomic E-state index is 0. The van der Waals surface area contributed by atoms with E-state index < -0.39 is 0 Å². The molecule has 0 saturated carbocycles. The third-order valence-corrected chi connectivity index (χ3v) is 20.7. The van der Waals surface area contributed by atoms with Gasteiger partial charge in [0.2, 0.25) is 0 Å². The Labute approximate surface area is 644 Å². The maximum Gasteiger partial charge on any atom is 2.00 e. The zero-order chi connectivity index (χ0) is 71.7. The average molecular weight is 1470 g/mol. The number of aryl methyl sites for hydroxylation is 3. The van der Waals surface area contributed by atoms with Crippen LogP contribution in [0, 0.1) is 11.8 Å². The number of unbranched alkanes of at least 4 members (excludes halogenated alkanes) is 9. The van der Waals surface area contributed by atoms with Crippen molar-refractivity contribution >= 4 is 92.7 Å². The van der Waals surface area contributed by atoms with E-state index in [4.69, 9.17) is 39.9 Å². The maximum absolute atomic E-state index is 5.79. The Hall–Kier alpha value is -8.33. The van der Waals surface area contributed by atoms with Crippen LogP contribution in [0.3, 0.4) is 0 Å². The summed E-state index contributed by atoms with van der Waals surface area (Å²) in [7, 11) is 0. The van der Waals surface area contributed by atoms with Gasteiger partial charge in [-0.2, -0.15) is 0 Å². The second-order valence-electron chi connectivity index (χ2n) is 32.7. The Morgan fingerprint density at radius 1 is 0.279 bits per heavy atom. The third-order valence-electron chi connectivity index (χ3n) is 20.7. The zero-order valence-electron chi connectivity index (χ0n) is 64.7. The number of hydrogen-bond donors (Lipinski definition) is 0. The van der Waals surface area contributed by atoms with Crippen LogP contribution in [0.15, 0.2) is 115 Å². The van der Waals surface area contributed by atoms with Gasteiger partial charge in [0.25, 0.3) is 0 Å². The SMILES string of the molecule is CCCCCCc1c2nc(c(CCCCCC)c3ccc([n-]3)c(CCCCCC)c3nc(c(C#Cc4c5nc(c(-c6cc(C(C)(C)C)cc(C(C)(C)C)c6)c6ccc([n-]6)c(-c6ccccc6)c6nc(c(-c7cc(C(C)(C)C)cc(C(C)(C)C)c7)c7ccc4[n-]7)C=C6)C=C5)c4ccc1[n-]4)C=C3)C=C2.[Zn+2].[Zn+2]. The van der Waals surface area contributed by atoms with Crippen molar-refractivity contribution in [1.29, 1.82) is 0 Å². The van der Waals surface area contributed by atoms with Gasteiger partial charge in [-0.3, -0.25) is 0 Å². The summed E-state index contributed by atoms with van der Waals surface area (Å²) in [5.41, 5.74) is 28.7. The van der Waals surface area contributed by atoms with Gasteiger partial charge in [-0.25, -0.2) is 19.9 Å². The summed E-state index contributed by atoms with van der Waals surface area (Å²) >= 11 is 0. The number of benzene rings is 3. The summed E-state index contributed by atoms with van der Waals surface area (Å²) in [6.45, 7) is 34.4. The molecule has 522 valence electrons. The summed E-state index contributed by atoms with van der Waals surface area (Å²) in [4.78, 5) is 45.4. The van der Waals surface area contributed by atoms with Crippen LogP contribution in [0.2, 0.25) is 0 Å². The zero-order valence-corrected chi connectivity index (χ0v) is 70.6. The van der Waals surface area contributed by atoms with Gasteiger partial charge in [0.05, 0.1) is 45.6 Å². The van der Waals surface area contributed by atoms with Gasteiger partial charge in [0, 0.05) is 11.1 Å². The van der Waals surface area contributed by atoms with Crippen LogP contribution < -0.4 is 19.9 Å². The Kier molecular flexibility index (Phi) is 23.8. The second-order valence-corrected chi connectivity index (χ2v) is 32.7. The Balaban J connectivity index is 0.00000541. The summed E-state index contributed by atoms with van der Waals surface area (Å²) < 4.78 is 0. The average Bonchev–Trinajstić information content (AvgIpc) is 1.62. The monoisotopic (exact) mass is 1470 g/mol. The maximum atomic E-state index is 5.79. The molecule has 4 aliphatic heterocycles. The first-order valence-electron chi connectivity index (χ1n) is 37.9. The van der Waals surface area contributed by atoms with Crippen molar-refractivity contribution in [3.63, 3.8) is 0 Å². The van der Waals surface area contributed by atoms with Crippen LogP contribution in [0.1, 0.15) is 277 Å². The van der Waals surface area contributed by atoms with Crippen molar-refractivity contribution in [2.75, 3.05) is 0 Å². The van der Waals surface area contributed by atoms with Gasteiger partial charge < -0.3 is 19.9 Å². The fourth-order valence-corrected chi connectivity index (χ4v) is 14.5. The normalized spacial score (nSPS) is 12.8. The third kappa shape index (κ3) is 16.8. The van der Waals surface area contributed by atoms with Crippen LogP contribution >= 0.6 is 0 Å². The van der Waals surface area contributed by atoms with E-state index in [0.29, 0.717) is 16.8 Å². The molecule has 104 heavy (non-hydrogen) atoms. The van der Waals surface area contributed by atoms with E-state index in [0.717, 1.165) is 193 Å². The first kappa shape index (κ1) is 76.8. The van der Waals surface area contributed by atoms with E-state index in [1.165, 1.54) is 59.9 Å². The molecule has 0 saturated heterocycles. The molecular formula is C94H102N8Zn2. The van der Waals surface area contributed by atoms with Gasteiger partial charge in [-0.15, -0.1) is 44.1 Å². The van der Waals surface area contributed by atoms with Crippen LogP contribution in [0.4, 0.5) is 0 Å². The van der Waals surface area contributed by atoms with Crippen molar-refractivity contribution in [2.24, 2.45) is 0 Å². The molecule has 0 radical (unpaired) electrons. The molecule has 0 aliphatic carbocycles. The van der Waals surface area contributed by atoms with Crippen molar-refractivity contribution in [3.8, 4) is 45.2 Å². The molecule has 0 atom stereocenters. The standard InChI is InChI=1S/C94H102N8.2Zn/c1-16-19-22-28-33-67-72-38-40-74(95-72)68(34-29-23-20-17-2)76-42-44-78(97-76)70(79-45-43-77(98-79)69(35-30-24-21-18-3)75-41-39-73(67)96-75)36-37-71-80-46-48-84(99-80)89(61-54-63(91(4,5)6)58-64(55-61)92(7,8)9)86-52-50-82(101-86)88(60-31-26-25-27-32-60)83-51-53-87(102-83)90(85-49-47-81(71)100-85)62-56-65(93(10,11)12)59-66(57-62)94(13,14)15;;/h25-27,31-32,38-59H,16-24,28-30,33-35H2,1-15H3;;/q-4;2*+2. The summed E-state index contributed by atoms with van der Waals surface area (Å²) in [6.07, 6.45) is 33.7. The minimum atomic E-state index is -0.154. The predicted octanol–water partition coefficient (Wildman–Crippen LogP) is 24.1. The molecule has 13 rings (SSSR count). The molecule has 0 amide bonds. The molecule has 16 bridgehead atoms. The fourth-order valence-electron chi connectivity index (χ4n) is 14.5. The molecule has 0 unspecified atom stereocenters. The molecule has 6 aromatic heterocycles. The van der Waals surface area contributed by atoms with Crippen LogP contribution in [-0.4, -0.2) is 19.9 Å². The van der Waals surface area contributed by atoms with E-state index >= 15 is 0 Å². The van der Waals surface area contributed by atoms with Crippen molar-refractivity contribution in [3.05, 3.63) is 211 Å². The second kappa shape index (κ2) is 32.2. The first-order chi connectivity index (χ1) is 48.9. The van der Waals surface area contributed by atoms with Gasteiger partial charge >= 0.3 is 39.0 Å². The molecule has 8 nitrogen and oxygen atoms in total. The first-order valence-corrected chi connectivity index (χ1v) is 37.9. The van der Waals surface area contributed by atoms with Crippen molar-refractivity contribution in [2.45, 2.75) is 222 Å². The number of aromatic nitrogens is 8. The van der Waals surface area contributed by atoms with Crippen LogP contribution in [0.25, 0.3) is 126 Å². The van der Waals surface area contributed by atoms with E-state index in [1.807, 2.05) is 0 Å². The summed E-state index contributed by atoms with van der Waals surface area (Å²) in [5.74, 6) is 7.72. The molecule has 0 spiro atoms. The number of fused-ring (bicyclic) bond motifs is 16. The van der Waals surface area contributed by atoms with Crippen molar-refractivity contribution < 1.29 is 39.0 Å². The van der Waals surface area contributed by atoms with Gasteiger partial charge in [0.1, 0.15) is 0 Å². The molecule has 0 N–H and O–H groups in total. The van der Waals surface area contributed by atoms with E-state index in [1.54, 1.807) is 0 Å². The van der Waals surface area contributed by atoms with Crippen LogP contribution in [0.5, 0.6) is 0 Å². The smallest absolute Gasteiger partial charge is 0.657 e. The molecule has 9 aromatic rings. The Morgan fingerprint density at radius 2 is 0.548 bits per heavy atom. The van der Waals surface area contributed by atoms with Gasteiger partial charge in [-0.1, -0.05) is 289 Å². The van der Waals surface area contributed by atoms with Gasteiger partial charge in [-0.05, 0) is 181 Å².